The molecule has 3 aromatic rings. The summed E-state index contributed by atoms with van der Waals surface area (Å²) in [6, 6.07) is 8.23. The number of benzene rings is 1. The Morgan fingerprint density at radius 3 is 2.65 bits per heavy atom. The van der Waals surface area contributed by atoms with Crippen molar-refractivity contribution >= 4 is 28.7 Å². The van der Waals surface area contributed by atoms with E-state index in [1.165, 1.54) is 0 Å². The maximum Gasteiger partial charge on any atom is 0.191 e. The fraction of sp³-hybridized carbons (Fsp3) is 0.389. The lowest BCUT2D eigenvalue weighted by Crippen LogP contribution is -2.07. The van der Waals surface area contributed by atoms with E-state index < -0.39 is 0 Å². The average molecular weight is 372 g/mol. The van der Waals surface area contributed by atoms with Gasteiger partial charge in [0.2, 0.25) is 0 Å². The van der Waals surface area contributed by atoms with E-state index in [0.717, 1.165) is 34.0 Å². The van der Waals surface area contributed by atoms with Gasteiger partial charge in [-0.3, -0.25) is 0 Å². The van der Waals surface area contributed by atoms with E-state index in [-0.39, 0.29) is 6.04 Å². The van der Waals surface area contributed by atoms with Gasteiger partial charge >= 0.3 is 0 Å². The van der Waals surface area contributed by atoms with Crippen LogP contribution in [-0.2, 0) is 6.54 Å². The number of nitrogens with two attached hydrogens (primary N) is 1. The van der Waals surface area contributed by atoms with Crippen molar-refractivity contribution in [3.63, 3.8) is 0 Å². The number of nitrogens with one attached hydrogen (secondary N) is 1. The quantitative estimate of drug-likeness (QED) is 0.464. The third-order valence-electron chi connectivity index (χ3n) is 3.93. The monoisotopic (exact) mass is 372 g/mol. The van der Waals surface area contributed by atoms with Crippen LogP contribution in [0.15, 0.2) is 35.7 Å². The summed E-state index contributed by atoms with van der Waals surface area (Å²) in [5.41, 5.74) is 8.38. The molecule has 0 spiro atoms. The molecule has 0 saturated carbocycles. The molecule has 0 atom stereocenters. The molecular formula is C18H24N6OS. The second-order valence-electron chi connectivity index (χ2n) is 6.11. The van der Waals surface area contributed by atoms with Gasteiger partial charge in [-0.15, -0.1) is 0 Å². The van der Waals surface area contributed by atoms with Crippen molar-refractivity contribution < 1.29 is 4.74 Å². The Morgan fingerprint density at radius 1 is 1.23 bits per heavy atom. The van der Waals surface area contributed by atoms with Gasteiger partial charge in [-0.25, -0.2) is 15.0 Å². The Balaban J connectivity index is 1.89. The summed E-state index contributed by atoms with van der Waals surface area (Å²) in [7, 11) is 1.66. The van der Waals surface area contributed by atoms with Gasteiger partial charge in [0.15, 0.2) is 22.1 Å². The van der Waals surface area contributed by atoms with Gasteiger partial charge in [0, 0.05) is 24.9 Å². The van der Waals surface area contributed by atoms with Gasteiger partial charge in [-0.2, -0.15) is 0 Å². The molecule has 138 valence electrons. The lowest BCUT2D eigenvalue weighted by atomic mass is 10.2. The second kappa shape index (κ2) is 8.37. The van der Waals surface area contributed by atoms with E-state index in [1.807, 2.05) is 30.6 Å². The number of hydrogen-bond acceptors (Lipinski definition) is 7. The maximum absolute atomic E-state index is 5.62. The number of hydrogen-bond donors (Lipinski definition) is 2. The molecule has 0 saturated heterocycles. The molecule has 2 aromatic heterocycles. The molecule has 0 aliphatic rings. The number of fused-ring (bicyclic) bond motifs is 1. The van der Waals surface area contributed by atoms with Crippen LogP contribution in [0.25, 0.3) is 11.2 Å². The van der Waals surface area contributed by atoms with Crippen LogP contribution < -0.4 is 15.8 Å². The lowest BCUT2D eigenvalue weighted by molar-refractivity contribution is 0.414. The molecule has 3 N–H and O–H groups in total. The van der Waals surface area contributed by atoms with E-state index in [9.17, 15) is 0 Å². The fourth-order valence-electron chi connectivity index (χ4n) is 2.54. The van der Waals surface area contributed by atoms with Crippen molar-refractivity contribution in [1.29, 1.82) is 0 Å². The molecular weight excluding hydrogens is 348 g/mol. The van der Waals surface area contributed by atoms with Crippen LogP contribution in [0.3, 0.4) is 0 Å². The number of ether oxygens (including phenoxy) is 1. The molecule has 2 heterocycles. The topological polar surface area (TPSA) is 90.9 Å². The smallest absolute Gasteiger partial charge is 0.191 e. The first-order valence-corrected chi connectivity index (χ1v) is 9.55. The third kappa shape index (κ3) is 4.08. The molecule has 0 radical (unpaired) electrons. The first-order chi connectivity index (χ1) is 12.6. The number of imidazole rings is 1. The zero-order chi connectivity index (χ0) is 18.5. The summed E-state index contributed by atoms with van der Waals surface area (Å²) in [6.45, 7) is 5.45. The normalized spacial score (nSPS) is 11.3. The minimum Gasteiger partial charge on any atom is -0.497 e. The van der Waals surface area contributed by atoms with Crippen LogP contribution >= 0.6 is 11.8 Å². The third-order valence-corrected chi connectivity index (χ3v) is 4.81. The maximum atomic E-state index is 5.62. The molecule has 0 bridgehead atoms. The average Bonchev–Trinajstić information content (AvgIpc) is 3.09. The van der Waals surface area contributed by atoms with Crippen LogP contribution in [0.5, 0.6) is 5.75 Å². The number of nitrogens with zero attached hydrogens (tertiary/aromatic N) is 4. The number of rotatable bonds is 8. The Hall–Kier alpha value is -2.32. The van der Waals surface area contributed by atoms with E-state index >= 15 is 0 Å². The highest BCUT2D eigenvalue weighted by Gasteiger charge is 2.15. The van der Waals surface area contributed by atoms with E-state index in [2.05, 4.69) is 38.7 Å². The Labute approximate surface area is 157 Å². The molecule has 8 heteroatoms. The van der Waals surface area contributed by atoms with E-state index in [1.54, 1.807) is 18.9 Å². The first kappa shape index (κ1) is 18.5. The summed E-state index contributed by atoms with van der Waals surface area (Å²) in [5.74, 6) is 2.36. The Morgan fingerprint density at radius 2 is 2.00 bits per heavy atom. The molecule has 0 unspecified atom stereocenters. The zero-order valence-electron chi connectivity index (χ0n) is 15.3. The molecule has 0 aliphatic carbocycles. The van der Waals surface area contributed by atoms with Crippen LogP contribution in [0.4, 0.5) is 5.82 Å². The SMILES string of the molecule is COc1ccc(CNc2nc(SCCN)nc3c2ncn3C(C)C)cc1. The van der Waals surface area contributed by atoms with Crippen molar-refractivity contribution in [3.8, 4) is 5.75 Å². The van der Waals surface area contributed by atoms with Crippen molar-refractivity contribution in [2.24, 2.45) is 5.73 Å². The highest BCUT2D eigenvalue weighted by Crippen LogP contribution is 2.25. The summed E-state index contributed by atoms with van der Waals surface area (Å²) in [5, 5.41) is 4.11. The molecule has 0 amide bonds. The summed E-state index contributed by atoms with van der Waals surface area (Å²) in [4.78, 5) is 13.8. The molecule has 0 fully saturated rings. The van der Waals surface area contributed by atoms with Crippen LogP contribution in [0, 0.1) is 0 Å². The predicted molar refractivity (Wildman–Crippen MR) is 106 cm³/mol. The summed E-state index contributed by atoms with van der Waals surface area (Å²) in [6.07, 6.45) is 1.82. The Bertz CT molecular complexity index is 862. The molecule has 3 rings (SSSR count). The Kier molecular flexibility index (Phi) is 5.95. The van der Waals surface area contributed by atoms with Crippen LogP contribution in [0.2, 0.25) is 0 Å². The number of anilines is 1. The van der Waals surface area contributed by atoms with Crippen LogP contribution in [-0.4, -0.2) is 38.9 Å². The molecule has 26 heavy (non-hydrogen) atoms. The van der Waals surface area contributed by atoms with Gasteiger partial charge in [0.25, 0.3) is 0 Å². The summed E-state index contributed by atoms with van der Waals surface area (Å²) >= 11 is 1.55. The number of aromatic nitrogens is 4. The first-order valence-electron chi connectivity index (χ1n) is 8.56. The van der Waals surface area contributed by atoms with E-state index in [0.29, 0.717) is 18.2 Å². The zero-order valence-corrected chi connectivity index (χ0v) is 16.1. The number of thioether (sulfide) groups is 1. The number of methoxy groups -OCH3 is 1. The van der Waals surface area contributed by atoms with Gasteiger partial charge < -0.3 is 20.4 Å². The van der Waals surface area contributed by atoms with Gasteiger partial charge in [-0.05, 0) is 31.5 Å². The minimum absolute atomic E-state index is 0.275. The van der Waals surface area contributed by atoms with Crippen LogP contribution in [0.1, 0.15) is 25.5 Å². The van der Waals surface area contributed by atoms with Crippen molar-refractivity contribution in [3.05, 3.63) is 36.2 Å². The highest BCUT2D eigenvalue weighted by molar-refractivity contribution is 7.99. The van der Waals surface area contributed by atoms with Gasteiger partial charge in [-0.1, -0.05) is 23.9 Å². The second-order valence-corrected chi connectivity index (χ2v) is 7.17. The van der Waals surface area contributed by atoms with Crippen molar-refractivity contribution in [2.45, 2.75) is 31.6 Å². The molecule has 0 aliphatic heterocycles. The van der Waals surface area contributed by atoms with E-state index in [4.69, 9.17) is 10.5 Å². The van der Waals surface area contributed by atoms with Gasteiger partial charge in [0.1, 0.15) is 5.75 Å². The van der Waals surface area contributed by atoms with Crippen molar-refractivity contribution in [1.82, 2.24) is 19.5 Å². The minimum atomic E-state index is 0.275. The predicted octanol–water partition coefficient (Wildman–Crippen LogP) is 3.08. The molecule has 7 nitrogen and oxygen atoms in total. The summed E-state index contributed by atoms with van der Waals surface area (Å²) < 4.78 is 7.26. The largest absolute Gasteiger partial charge is 0.497 e. The van der Waals surface area contributed by atoms with Gasteiger partial charge in [0.05, 0.1) is 13.4 Å². The fourth-order valence-corrected chi connectivity index (χ4v) is 3.15. The lowest BCUT2D eigenvalue weighted by Gasteiger charge is -2.11. The standard InChI is InChI=1S/C18H24N6OS/c1-12(2)24-11-21-15-16(22-18(23-17(15)24)26-9-8-19)20-10-13-4-6-14(25-3)7-5-13/h4-7,11-12H,8-10,19H2,1-3H3,(H,20,22,23). The molecule has 1 aromatic carbocycles. The highest BCUT2D eigenvalue weighted by atomic mass is 32.2. The van der Waals surface area contributed by atoms with Crippen molar-refractivity contribution in [2.75, 3.05) is 24.7 Å².